The molecule has 0 aromatic heterocycles. The highest BCUT2D eigenvalue weighted by atomic mass is 16.5. The number of amides is 3. The molecule has 2 aromatic carbocycles. The number of aryl methyl sites for hydroxylation is 2. The van der Waals surface area contributed by atoms with Gasteiger partial charge in [0, 0.05) is 6.42 Å². The molecule has 2 aliphatic heterocycles. The summed E-state index contributed by atoms with van der Waals surface area (Å²) in [5.41, 5.74) is 1.69. The number of benzene rings is 2. The molecule has 0 unspecified atom stereocenters. The molecule has 4 rings (SSSR count). The number of carbonyl (C=O) groups is 2. The third-order valence-corrected chi connectivity index (χ3v) is 5.38. The fourth-order valence-corrected chi connectivity index (χ4v) is 3.84. The highest BCUT2D eigenvalue weighted by Gasteiger charge is 2.49. The Balaban J connectivity index is 1.47. The summed E-state index contributed by atoms with van der Waals surface area (Å²) >= 11 is 0. The van der Waals surface area contributed by atoms with Gasteiger partial charge in [0.25, 0.3) is 5.91 Å². The second-order valence-corrected chi connectivity index (χ2v) is 7.90. The topological polar surface area (TPSA) is 77.1 Å². The van der Waals surface area contributed by atoms with Gasteiger partial charge in [-0.25, -0.2) is 4.79 Å². The standard InChI is InChI=1S/C23H26N2O5/c1-15-11-16(2)13-18(12-15)28-10-7-25-21(26)23(3,24-22(25)27)17-5-6-19-20(14-17)30-9-4-8-29-19/h5-6,11-14H,4,7-10H2,1-3H3,(H,24,27)/t23-/m1/s1. The Morgan fingerprint density at radius 3 is 2.47 bits per heavy atom. The van der Waals surface area contributed by atoms with Crippen LogP contribution in [0.4, 0.5) is 4.79 Å². The molecule has 0 aliphatic carbocycles. The zero-order valence-corrected chi connectivity index (χ0v) is 17.5. The van der Waals surface area contributed by atoms with Gasteiger partial charge in [-0.05, 0) is 61.7 Å². The van der Waals surface area contributed by atoms with Crippen LogP contribution in [-0.2, 0) is 10.3 Å². The normalized spacial score (nSPS) is 20.7. The van der Waals surface area contributed by atoms with E-state index in [-0.39, 0.29) is 19.1 Å². The second kappa shape index (κ2) is 7.89. The van der Waals surface area contributed by atoms with E-state index in [1.807, 2.05) is 26.0 Å². The largest absolute Gasteiger partial charge is 0.492 e. The summed E-state index contributed by atoms with van der Waals surface area (Å²) in [6.45, 7) is 7.23. The zero-order valence-electron chi connectivity index (χ0n) is 17.5. The van der Waals surface area contributed by atoms with Gasteiger partial charge in [-0.3, -0.25) is 9.69 Å². The van der Waals surface area contributed by atoms with E-state index in [0.717, 1.165) is 23.3 Å². The maximum absolute atomic E-state index is 13.1. The minimum atomic E-state index is -1.16. The van der Waals surface area contributed by atoms with Gasteiger partial charge in [0.05, 0.1) is 19.8 Å². The lowest BCUT2D eigenvalue weighted by molar-refractivity contribution is -0.131. The van der Waals surface area contributed by atoms with Crippen molar-refractivity contribution in [3.05, 3.63) is 53.1 Å². The first-order valence-corrected chi connectivity index (χ1v) is 10.1. The minimum absolute atomic E-state index is 0.164. The molecule has 0 spiro atoms. The van der Waals surface area contributed by atoms with Crippen molar-refractivity contribution < 1.29 is 23.8 Å². The van der Waals surface area contributed by atoms with E-state index in [9.17, 15) is 9.59 Å². The monoisotopic (exact) mass is 410 g/mol. The fraction of sp³-hybridized carbons (Fsp3) is 0.391. The van der Waals surface area contributed by atoms with Crippen molar-refractivity contribution in [3.8, 4) is 17.2 Å². The minimum Gasteiger partial charge on any atom is -0.492 e. The van der Waals surface area contributed by atoms with Crippen molar-refractivity contribution in [3.63, 3.8) is 0 Å². The molecule has 1 fully saturated rings. The summed E-state index contributed by atoms with van der Waals surface area (Å²) in [5.74, 6) is 1.65. The average molecular weight is 410 g/mol. The van der Waals surface area contributed by atoms with Crippen molar-refractivity contribution in [2.75, 3.05) is 26.4 Å². The SMILES string of the molecule is Cc1cc(C)cc(OCCN2C(=O)N[C@](C)(c3ccc4c(c3)OCCCO4)C2=O)c1. The lowest BCUT2D eigenvalue weighted by Gasteiger charge is -2.23. The summed E-state index contributed by atoms with van der Waals surface area (Å²) in [6, 6.07) is 10.8. The second-order valence-electron chi connectivity index (χ2n) is 7.90. The molecule has 0 saturated carbocycles. The molecule has 158 valence electrons. The molecule has 0 radical (unpaired) electrons. The van der Waals surface area contributed by atoms with Crippen molar-refractivity contribution in [1.82, 2.24) is 10.2 Å². The van der Waals surface area contributed by atoms with Crippen molar-refractivity contribution >= 4 is 11.9 Å². The van der Waals surface area contributed by atoms with E-state index in [1.54, 1.807) is 25.1 Å². The predicted molar refractivity (Wildman–Crippen MR) is 111 cm³/mol. The van der Waals surface area contributed by atoms with Gasteiger partial charge in [-0.15, -0.1) is 0 Å². The number of carbonyl (C=O) groups excluding carboxylic acids is 2. The fourth-order valence-electron chi connectivity index (χ4n) is 3.84. The highest BCUT2D eigenvalue weighted by Crippen LogP contribution is 2.36. The number of fused-ring (bicyclic) bond motifs is 1. The van der Waals surface area contributed by atoms with Crippen LogP contribution in [0.3, 0.4) is 0 Å². The van der Waals surface area contributed by atoms with Crippen LogP contribution in [0.15, 0.2) is 36.4 Å². The Hall–Kier alpha value is -3.22. The van der Waals surface area contributed by atoms with Gasteiger partial charge >= 0.3 is 6.03 Å². The van der Waals surface area contributed by atoms with Gasteiger partial charge in [0.1, 0.15) is 17.9 Å². The summed E-state index contributed by atoms with van der Waals surface area (Å²) in [7, 11) is 0. The number of nitrogens with one attached hydrogen (secondary N) is 1. The first-order chi connectivity index (χ1) is 14.4. The molecule has 30 heavy (non-hydrogen) atoms. The lowest BCUT2D eigenvalue weighted by Crippen LogP contribution is -2.41. The number of rotatable bonds is 5. The van der Waals surface area contributed by atoms with Crippen LogP contribution in [0.2, 0.25) is 0 Å². The van der Waals surface area contributed by atoms with Crippen LogP contribution in [0.25, 0.3) is 0 Å². The van der Waals surface area contributed by atoms with Crippen molar-refractivity contribution in [1.29, 1.82) is 0 Å². The number of urea groups is 1. The summed E-state index contributed by atoms with van der Waals surface area (Å²) in [5, 5.41) is 2.82. The molecule has 7 nitrogen and oxygen atoms in total. The van der Waals surface area contributed by atoms with Crippen LogP contribution in [0, 0.1) is 13.8 Å². The Kier molecular flexibility index (Phi) is 5.28. The molecule has 0 bridgehead atoms. The van der Waals surface area contributed by atoms with Crippen molar-refractivity contribution in [2.24, 2.45) is 0 Å². The van der Waals surface area contributed by atoms with Crippen LogP contribution in [0.1, 0.15) is 30.0 Å². The molecule has 1 saturated heterocycles. The van der Waals surface area contributed by atoms with E-state index >= 15 is 0 Å². The maximum Gasteiger partial charge on any atom is 0.325 e. The number of nitrogens with zero attached hydrogens (tertiary/aromatic N) is 1. The van der Waals surface area contributed by atoms with Crippen LogP contribution < -0.4 is 19.5 Å². The van der Waals surface area contributed by atoms with Crippen LogP contribution >= 0.6 is 0 Å². The lowest BCUT2D eigenvalue weighted by atomic mass is 9.91. The van der Waals surface area contributed by atoms with Crippen LogP contribution in [-0.4, -0.2) is 43.2 Å². The molecule has 2 aromatic rings. The molecular weight excluding hydrogens is 384 g/mol. The van der Waals surface area contributed by atoms with Crippen LogP contribution in [0.5, 0.6) is 17.2 Å². The van der Waals surface area contributed by atoms with E-state index in [4.69, 9.17) is 14.2 Å². The summed E-state index contributed by atoms with van der Waals surface area (Å²) in [4.78, 5) is 26.9. The predicted octanol–water partition coefficient (Wildman–Crippen LogP) is 3.31. The Morgan fingerprint density at radius 1 is 1.03 bits per heavy atom. The van der Waals surface area contributed by atoms with Gasteiger partial charge in [0.15, 0.2) is 11.5 Å². The van der Waals surface area contributed by atoms with E-state index < -0.39 is 11.6 Å². The third kappa shape index (κ3) is 3.79. The summed E-state index contributed by atoms with van der Waals surface area (Å²) in [6.07, 6.45) is 0.797. The Bertz CT molecular complexity index is 969. The molecule has 1 atom stereocenters. The quantitative estimate of drug-likeness (QED) is 0.766. The molecule has 2 heterocycles. The smallest absolute Gasteiger partial charge is 0.325 e. The highest BCUT2D eigenvalue weighted by molar-refractivity contribution is 6.07. The molecule has 3 amide bonds. The third-order valence-electron chi connectivity index (χ3n) is 5.38. The molecular formula is C23H26N2O5. The zero-order chi connectivity index (χ0) is 21.3. The van der Waals surface area contributed by atoms with Gasteiger partial charge in [-0.2, -0.15) is 0 Å². The van der Waals surface area contributed by atoms with Gasteiger partial charge in [0.2, 0.25) is 0 Å². The van der Waals surface area contributed by atoms with Gasteiger partial charge in [-0.1, -0.05) is 12.1 Å². The molecule has 7 heteroatoms. The average Bonchev–Trinajstić information content (AvgIpc) is 2.86. The first kappa shape index (κ1) is 20.1. The van der Waals surface area contributed by atoms with E-state index in [0.29, 0.717) is 30.3 Å². The maximum atomic E-state index is 13.1. The van der Waals surface area contributed by atoms with Gasteiger partial charge < -0.3 is 19.5 Å². The molecule has 1 N–H and O–H groups in total. The number of hydrogen-bond donors (Lipinski definition) is 1. The number of hydrogen-bond acceptors (Lipinski definition) is 5. The summed E-state index contributed by atoms with van der Waals surface area (Å²) < 4.78 is 17.2. The van der Waals surface area contributed by atoms with E-state index in [1.165, 1.54) is 4.90 Å². The number of imide groups is 1. The van der Waals surface area contributed by atoms with Crippen molar-refractivity contribution in [2.45, 2.75) is 32.7 Å². The molecule has 2 aliphatic rings. The first-order valence-electron chi connectivity index (χ1n) is 10.1. The van der Waals surface area contributed by atoms with E-state index in [2.05, 4.69) is 11.4 Å². The number of ether oxygens (including phenoxy) is 3. The Labute approximate surface area is 175 Å². The Morgan fingerprint density at radius 2 is 1.73 bits per heavy atom.